The Hall–Kier alpha value is -3.18. The number of rotatable bonds is 6. The zero-order chi connectivity index (χ0) is 19.3. The van der Waals surface area contributed by atoms with E-state index in [0.717, 1.165) is 27.6 Å². The second kappa shape index (κ2) is 8.23. The number of nitrogens with one attached hydrogen (secondary N) is 1. The van der Waals surface area contributed by atoms with Gasteiger partial charge in [-0.05, 0) is 35.7 Å². The monoisotopic (exact) mass is 388 g/mol. The predicted octanol–water partition coefficient (Wildman–Crippen LogP) is 5.49. The lowest BCUT2D eigenvalue weighted by atomic mass is 10.0. The van der Waals surface area contributed by atoms with Gasteiger partial charge in [-0.2, -0.15) is 0 Å². The van der Waals surface area contributed by atoms with Gasteiger partial charge in [-0.1, -0.05) is 54.6 Å². The molecule has 1 amide bonds. The van der Waals surface area contributed by atoms with E-state index in [1.165, 1.54) is 16.9 Å². The van der Waals surface area contributed by atoms with Crippen molar-refractivity contribution in [2.75, 3.05) is 0 Å². The Labute approximate surface area is 167 Å². The van der Waals surface area contributed by atoms with E-state index in [-0.39, 0.29) is 18.4 Å². The highest BCUT2D eigenvalue weighted by Crippen LogP contribution is 2.25. The highest BCUT2D eigenvalue weighted by molar-refractivity contribution is 7.13. The minimum Gasteiger partial charge on any atom is -0.462 e. The minimum atomic E-state index is -0.0690. The van der Waals surface area contributed by atoms with Crippen LogP contribution in [0.4, 0.5) is 0 Å². The van der Waals surface area contributed by atoms with Gasteiger partial charge in [0.15, 0.2) is 10.8 Å². The van der Waals surface area contributed by atoms with Crippen LogP contribution in [0.3, 0.4) is 0 Å². The summed E-state index contributed by atoms with van der Waals surface area (Å²) in [5.41, 5.74) is 4.17. The summed E-state index contributed by atoms with van der Waals surface area (Å²) in [5.74, 6) is 0.680. The van der Waals surface area contributed by atoms with Gasteiger partial charge in [-0.15, -0.1) is 11.3 Å². The van der Waals surface area contributed by atoms with Crippen molar-refractivity contribution in [2.45, 2.75) is 19.4 Å². The van der Waals surface area contributed by atoms with E-state index in [4.69, 9.17) is 4.42 Å². The largest absolute Gasteiger partial charge is 0.462 e. The first kappa shape index (κ1) is 18.2. The number of carbonyl (C=O) groups is 1. The lowest BCUT2D eigenvalue weighted by molar-refractivity contribution is -0.121. The maximum atomic E-state index is 12.4. The first-order valence-electron chi connectivity index (χ1n) is 9.12. The fourth-order valence-corrected chi connectivity index (χ4v) is 3.82. The number of amides is 1. The van der Waals surface area contributed by atoms with Crippen molar-refractivity contribution in [1.82, 2.24) is 10.3 Å². The van der Waals surface area contributed by atoms with Crippen molar-refractivity contribution in [3.8, 4) is 21.9 Å². The van der Waals surface area contributed by atoms with Crippen molar-refractivity contribution in [3.63, 3.8) is 0 Å². The van der Waals surface area contributed by atoms with E-state index < -0.39 is 0 Å². The zero-order valence-corrected chi connectivity index (χ0v) is 16.3. The highest BCUT2D eigenvalue weighted by atomic mass is 32.1. The SMILES string of the molecule is CC(NC(=O)Cc1csc(-c2ccco2)n1)c1ccc(-c2ccccc2)cc1. The molecule has 1 atom stereocenters. The van der Waals surface area contributed by atoms with Gasteiger partial charge in [0.25, 0.3) is 0 Å². The summed E-state index contributed by atoms with van der Waals surface area (Å²) >= 11 is 1.48. The molecule has 4 nitrogen and oxygen atoms in total. The molecule has 0 aliphatic carbocycles. The normalized spacial score (nSPS) is 11.9. The van der Waals surface area contributed by atoms with Crippen molar-refractivity contribution in [3.05, 3.63) is 89.6 Å². The van der Waals surface area contributed by atoms with Crippen molar-refractivity contribution >= 4 is 17.2 Å². The first-order chi connectivity index (χ1) is 13.7. The van der Waals surface area contributed by atoms with Crippen molar-refractivity contribution in [1.29, 1.82) is 0 Å². The lowest BCUT2D eigenvalue weighted by Gasteiger charge is -2.14. The van der Waals surface area contributed by atoms with Crippen molar-refractivity contribution in [2.24, 2.45) is 0 Å². The number of benzene rings is 2. The molecule has 0 spiro atoms. The number of carbonyl (C=O) groups excluding carboxylic acids is 1. The van der Waals surface area contributed by atoms with Gasteiger partial charge in [0.05, 0.1) is 24.4 Å². The molecule has 5 heteroatoms. The highest BCUT2D eigenvalue weighted by Gasteiger charge is 2.13. The van der Waals surface area contributed by atoms with Crippen molar-refractivity contribution < 1.29 is 9.21 Å². The Morgan fingerprint density at radius 1 is 1.04 bits per heavy atom. The topological polar surface area (TPSA) is 55.1 Å². The van der Waals surface area contributed by atoms with Crippen LogP contribution < -0.4 is 5.32 Å². The Bertz CT molecular complexity index is 1040. The summed E-state index contributed by atoms with van der Waals surface area (Å²) in [6, 6.07) is 22.2. The molecule has 0 saturated carbocycles. The quantitative estimate of drug-likeness (QED) is 0.475. The third kappa shape index (κ3) is 4.21. The Kier molecular flexibility index (Phi) is 5.35. The summed E-state index contributed by atoms with van der Waals surface area (Å²) in [6.45, 7) is 1.99. The molecule has 140 valence electrons. The van der Waals surface area contributed by atoms with Gasteiger partial charge >= 0.3 is 0 Å². The molecule has 2 aromatic heterocycles. The number of nitrogens with zero attached hydrogens (tertiary/aromatic N) is 1. The molecule has 0 radical (unpaired) electrons. The molecule has 28 heavy (non-hydrogen) atoms. The van der Waals surface area contributed by atoms with Gasteiger partial charge in [0.1, 0.15) is 0 Å². The second-order valence-corrected chi connectivity index (χ2v) is 7.43. The Balaban J connectivity index is 1.37. The van der Waals surface area contributed by atoms with Crippen LogP contribution in [0, 0.1) is 0 Å². The summed E-state index contributed by atoms with van der Waals surface area (Å²) in [7, 11) is 0. The third-order valence-corrected chi connectivity index (χ3v) is 5.43. The predicted molar refractivity (Wildman–Crippen MR) is 112 cm³/mol. The molecule has 0 saturated heterocycles. The number of aromatic nitrogens is 1. The lowest BCUT2D eigenvalue weighted by Crippen LogP contribution is -2.28. The van der Waals surface area contributed by atoms with Gasteiger partial charge < -0.3 is 9.73 Å². The fraction of sp³-hybridized carbons (Fsp3) is 0.130. The molecular weight excluding hydrogens is 368 g/mol. The molecular formula is C23H20N2O2S. The number of hydrogen-bond acceptors (Lipinski definition) is 4. The summed E-state index contributed by atoms with van der Waals surface area (Å²) < 4.78 is 5.35. The van der Waals surface area contributed by atoms with Crippen LogP contribution in [-0.2, 0) is 11.2 Å². The number of hydrogen-bond donors (Lipinski definition) is 1. The van der Waals surface area contributed by atoms with E-state index in [2.05, 4.69) is 46.7 Å². The second-order valence-electron chi connectivity index (χ2n) is 6.58. The molecule has 1 unspecified atom stereocenters. The van der Waals surface area contributed by atoms with Gasteiger partial charge in [0, 0.05) is 5.38 Å². The van der Waals surface area contributed by atoms with Crippen LogP contribution in [0.25, 0.3) is 21.9 Å². The van der Waals surface area contributed by atoms with E-state index in [0.29, 0.717) is 0 Å². The summed E-state index contributed by atoms with van der Waals surface area (Å²) in [6.07, 6.45) is 1.87. The molecule has 0 aliphatic rings. The van der Waals surface area contributed by atoms with Gasteiger partial charge in [0.2, 0.25) is 5.91 Å². The summed E-state index contributed by atoms with van der Waals surface area (Å²) in [4.78, 5) is 16.9. The smallest absolute Gasteiger partial charge is 0.226 e. The van der Waals surface area contributed by atoms with E-state index in [1.54, 1.807) is 6.26 Å². The average Bonchev–Trinajstić information content (AvgIpc) is 3.40. The van der Waals surface area contributed by atoms with Crippen LogP contribution in [0.1, 0.15) is 24.2 Å². The molecule has 4 aromatic rings. The zero-order valence-electron chi connectivity index (χ0n) is 15.5. The minimum absolute atomic E-state index is 0.0454. The van der Waals surface area contributed by atoms with Crippen LogP contribution in [0.15, 0.2) is 82.8 Å². The Morgan fingerprint density at radius 3 is 2.50 bits per heavy atom. The maximum absolute atomic E-state index is 12.4. The van der Waals surface area contributed by atoms with E-state index in [9.17, 15) is 4.79 Å². The first-order valence-corrected chi connectivity index (χ1v) is 10.00. The standard InChI is InChI=1S/C23H20N2O2S/c1-16(17-9-11-19(12-10-17)18-6-3-2-4-7-18)24-22(26)14-20-15-28-23(25-20)21-8-5-13-27-21/h2-13,15-16H,14H2,1H3,(H,24,26). The average molecular weight is 388 g/mol. The van der Waals surface area contributed by atoms with Crippen LogP contribution in [-0.4, -0.2) is 10.9 Å². The molecule has 0 fully saturated rings. The van der Waals surface area contributed by atoms with Gasteiger partial charge in [-0.25, -0.2) is 4.98 Å². The molecule has 1 N–H and O–H groups in total. The molecule has 0 bridgehead atoms. The van der Waals surface area contributed by atoms with Crippen LogP contribution >= 0.6 is 11.3 Å². The summed E-state index contributed by atoms with van der Waals surface area (Å²) in [5, 5.41) is 5.74. The molecule has 2 heterocycles. The van der Waals surface area contributed by atoms with Crippen LogP contribution in [0.2, 0.25) is 0 Å². The molecule has 0 aliphatic heterocycles. The van der Waals surface area contributed by atoms with E-state index in [1.807, 2.05) is 42.6 Å². The molecule has 2 aromatic carbocycles. The third-order valence-electron chi connectivity index (χ3n) is 4.52. The van der Waals surface area contributed by atoms with Gasteiger partial charge in [-0.3, -0.25) is 4.79 Å². The fourth-order valence-electron chi connectivity index (χ4n) is 3.04. The van der Waals surface area contributed by atoms with E-state index >= 15 is 0 Å². The van der Waals surface area contributed by atoms with Crippen LogP contribution in [0.5, 0.6) is 0 Å². The number of furan rings is 1. The number of thiazole rings is 1. The maximum Gasteiger partial charge on any atom is 0.226 e. The Morgan fingerprint density at radius 2 is 1.79 bits per heavy atom. The molecule has 4 rings (SSSR count).